The van der Waals surface area contributed by atoms with Crippen molar-refractivity contribution in [3.05, 3.63) is 58.6 Å². The Kier molecular flexibility index (Phi) is 6.34. The van der Waals surface area contributed by atoms with E-state index in [1.807, 2.05) is 24.3 Å². The number of nitrogens with one attached hydrogen (secondary N) is 1. The molecule has 8 heteroatoms. The summed E-state index contributed by atoms with van der Waals surface area (Å²) >= 11 is 6.34. The molecule has 1 unspecified atom stereocenters. The number of benzene rings is 2. The highest BCUT2D eigenvalue weighted by molar-refractivity contribution is 7.92. The van der Waals surface area contributed by atoms with Crippen molar-refractivity contribution in [1.82, 2.24) is 5.32 Å². The second-order valence-corrected chi connectivity index (χ2v) is 10.1. The standard InChI is InChI=1S/C22H27ClN2O4S/c1-5-22(6-2)14-19(17-9-7-8-10-20(17)29-22)24-21(26)16-12-11-15(13-18(16)23)25(3)30(4,27)28/h7-13,19H,5-6,14H2,1-4H3,(H,24,26). The van der Waals surface area contributed by atoms with Crippen LogP contribution in [0.1, 0.15) is 55.1 Å². The molecule has 1 amide bonds. The lowest BCUT2D eigenvalue weighted by atomic mass is 9.83. The summed E-state index contributed by atoms with van der Waals surface area (Å²) in [7, 11) is -1.98. The number of carbonyl (C=O) groups is 1. The summed E-state index contributed by atoms with van der Waals surface area (Å²) in [6.45, 7) is 4.17. The largest absolute Gasteiger partial charge is 0.487 e. The van der Waals surface area contributed by atoms with E-state index in [1.54, 1.807) is 12.1 Å². The van der Waals surface area contributed by atoms with Gasteiger partial charge in [0.15, 0.2) is 0 Å². The lowest BCUT2D eigenvalue weighted by molar-refractivity contribution is 0.0227. The highest BCUT2D eigenvalue weighted by Crippen LogP contribution is 2.42. The fraction of sp³-hybridized carbons (Fsp3) is 0.409. The van der Waals surface area contributed by atoms with Crippen LogP contribution in [0.2, 0.25) is 5.02 Å². The van der Waals surface area contributed by atoms with Gasteiger partial charge in [-0.05, 0) is 37.1 Å². The number of carbonyl (C=O) groups excluding carboxylic acids is 1. The number of sulfonamides is 1. The van der Waals surface area contributed by atoms with Crippen LogP contribution in [0.15, 0.2) is 42.5 Å². The number of amides is 1. The first-order chi connectivity index (χ1) is 14.1. The van der Waals surface area contributed by atoms with Crippen LogP contribution in [0.25, 0.3) is 0 Å². The van der Waals surface area contributed by atoms with Crippen LogP contribution in [-0.2, 0) is 10.0 Å². The first kappa shape index (κ1) is 22.4. The Labute approximate surface area is 183 Å². The van der Waals surface area contributed by atoms with E-state index < -0.39 is 10.0 Å². The van der Waals surface area contributed by atoms with E-state index in [4.69, 9.17) is 16.3 Å². The van der Waals surface area contributed by atoms with Crippen LogP contribution in [0.4, 0.5) is 5.69 Å². The molecule has 0 saturated heterocycles. The van der Waals surface area contributed by atoms with E-state index in [0.29, 0.717) is 17.7 Å². The van der Waals surface area contributed by atoms with Crippen molar-refractivity contribution in [2.45, 2.75) is 44.8 Å². The second-order valence-electron chi connectivity index (χ2n) is 7.65. The molecule has 1 atom stereocenters. The third-order valence-electron chi connectivity index (χ3n) is 5.85. The van der Waals surface area contributed by atoms with Crippen molar-refractivity contribution in [3.63, 3.8) is 0 Å². The van der Waals surface area contributed by atoms with Gasteiger partial charge in [-0.2, -0.15) is 0 Å². The van der Waals surface area contributed by atoms with E-state index in [9.17, 15) is 13.2 Å². The Morgan fingerprint density at radius 1 is 1.23 bits per heavy atom. The molecule has 0 bridgehead atoms. The number of para-hydroxylation sites is 1. The average molecular weight is 451 g/mol. The molecule has 2 aromatic carbocycles. The molecular formula is C22H27ClN2O4S. The lowest BCUT2D eigenvalue weighted by Crippen LogP contribution is -2.44. The number of rotatable bonds is 6. The Morgan fingerprint density at radius 2 is 1.90 bits per heavy atom. The Balaban J connectivity index is 1.88. The topological polar surface area (TPSA) is 75.7 Å². The predicted octanol–water partition coefficient (Wildman–Crippen LogP) is 4.55. The quantitative estimate of drug-likeness (QED) is 0.700. The Morgan fingerprint density at radius 3 is 2.50 bits per heavy atom. The van der Waals surface area contributed by atoms with Crippen LogP contribution in [0.5, 0.6) is 5.75 Å². The lowest BCUT2D eigenvalue weighted by Gasteiger charge is -2.41. The van der Waals surface area contributed by atoms with Crippen molar-refractivity contribution >= 4 is 33.2 Å². The third-order valence-corrected chi connectivity index (χ3v) is 7.37. The number of anilines is 1. The van der Waals surface area contributed by atoms with Gasteiger partial charge in [0.2, 0.25) is 10.0 Å². The van der Waals surface area contributed by atoms with Crippen molar-refractivity contribution in [1.29, 1.82) is 0 Å². The third kappa shape index (κ3) is 4.42. The molecule has 0 aromatic heterocycles. The molecule has 1 aliphatic heterocycles. The molecule has 3 rings (SSSR count). The molecule has 1 N–H and O–H groups in total. The summed E-state index contributed by atoms with van der Waals surface area (Å²) in [5.41, 5.74) is 1.29. The number of halogens is 1. The van der Waals surface area contributed by atoms with Crippen LogP contribution in [0.3, 0.4) is 0 Å². The van der Waals surface area contributed by atoms with E-state index >= 15 is 0 Å². The summed E-state index contributed by atoms with van der Waals surface area (Å²) in [6, 6.07) is 12.1. The van der Waals surface area contributed by atoms with Gasteiger partial charge in [-0.25, -0.2) is 8.42 Å². The van der Waals surface area contributed by atoms with Crippen LogP contribution in [-0.4, -0.2) is 33.2 Å². The van der Waals surface area contributed by atoms with Crippen molar-refractivity contribution in [2.24, 2.45) is 0 Å². The molecule has 0 fully saturated rings. The molecule has 6 nitrogen and oxygen atoms in total. The van der Waals surface area contributed by atoms with Gasteiger partial charge in [0.25, 0.3) is 5.91 Å². The molecule has 1 heterocycles. The Hall–Kier alpha value is -2.25. The normalized spacial score (nSPS) is 17.6. The average Bonchev–Trinajstić information content (AvgIpc) is 2.72. The van der Waals surface area contributed by atoms with Crippen LogP contribution < -0.4 is 14.4 Å². The summed E-state index contributed by atoms with van der Waals surface area (Å²) in [5.74, 6) is 0.477. The summed E-state index contributed by atoms with van der Waals surface area (Å²) in [6.07, 6.45) is 3.43. The van der Waals surface area contributed by atoms with Gasteiger partial charge >= 0.3 is 0 Å². The van der Waals surface area contributed by atoms with Crippen molar-refractivity contribution in [2.75, 3.05) is 17.6 Å². The molecule has 2 aromatic rings. The second kappa shape index (κ2) is 8.47. The number of hydrogen-bond donors (Lipinski definition) is 1. The number of hydrogen-bond acceptors (Lipinski definition) is 4. The maximum Gasteiger partial charge on any atom is 0.253 e. The molecular weight excluding hydrogens is 424 g/mol. The molecule has 0 radical (unpaired) electrons. The fourth-order valence-corrected chi connectivity index (χ4v) is 4.50. The minimum absolute atomic E-state index is 0.193. The Bertz CT molecular complexity index is 1050. The van der Waals surface area contributed by atoms with Crippen LogP contribution in [0, 0.1) is 0 Å². The first-order valence-electron chi connectivity index (χ1n) is 9.92. The zero-order chi connectivity index (χ0) is 22.1. The fourth-order valence-electron chi connectivity index (χ4n) is 3.74. The zero-order valence-corrected chi connectivity index (χ0v) is 19.2. The molecule has 0 saturated carbocycles. The van der Waals surface area contributed by atoms with E-state index in [2.05, 4.69) is 19.2 Å². The van der Waals surface area contributed by atoms with Gasteiger partial charge in [-0.3, -0.25) is 9.10 Å². The van der Waals surface area contributed by atoms with Crippen LogP contribution >= 0.6 is 11.6 Å². The molecule has 0 spiro atoms. The monoisotopic (exact) mass is 450 g/mol. The van der Waals surface area contributed by atoms with Gasteiger partial charge < -0.3 is 10.1 Å². The number of fused-ring (bicyclic) bond motifs is 1. The van der Waals surface area contributed by atoms with E-state index in [-0.39, 0.29) is 22.6 Å². The SMILES string of the molecule is CCC1(CC)CC(NC(=O)c2ccc(N(C)S(C)(=O)=O)cc2Cl)c2ccccc2O1. The summed E-state index contributed by atoms with van der Waals surface area (Å²) in [5, 5.41) is 3.29. The number of ether oxygens (including phenoxy) is 1. The van der Waals surface area contributed by atoms with E-state index in [0.717, 1.165) is 34.7 Å². The summed E-state index contributed by atoms with van der Waals surface area (Å²) < 4.78 is 30.9. The molecule has 162 valence electrons. The highest BCUT2D eigenvalue weighted by atomic mass is 35.5. The van der Waals surface area contributed by atoms with Gasteiger partial charge in [-0.1, -0.05) is 43.6 Å². The number of nitrogens with zero attached hydrogens (tertiary/aromatic N) is 1. The van der Waals surface area contributed by atoms with Crippen molar-refractivity contribution in [3.8, 4) is 5.75 Å². The maximum absolute atomic E-state index is 13.0. The first-order valence-corrected chi connectivity index (χ1v) is 12.1. The molecule has 30 heavy (non-hydrogen) atoms. The zero-order valence-electron chi connectivity index (χ0n) is 17.6. The van der Waals surface area contributed by atoms with Gasteiger partial charge in [0.1, 0.15) is 11.4 Å². The summed E-state index contributed by atoms with van der Waals surface area (Å²) in [4.78, 5) is 13.0. The van der Waals surface area contributed by atoms with Gasteiger partial charge in [0.05, 0.1) is 28.6 Å². The van der Waals surface area contributed by atoms with Gasteiger partial charge in [-0.15, -0.1) is 0 Å². The minimum atomic E-state index is -3.42. The van der Waals surface area contributed by atoms with Gasteiger partial charge in [0, 0.05) is 19.0 Å². The van der Waals surface area contributed by atoms with Crippen molar-refractivity contribution < 1.29 is 17.9 Å². The maximum atomic E-state index is 13.0. The molecule has 0 aliphatic carbocycles. The smallest absolute Gasteiger partial charge is 0.253 e. The highest BCUT2D eigenvalue weighted by Gasteiger charge is 2.39. The predicted molar refractivity (Wildman–Crippen MR) is 120 cm³/mol. The van der Waals surface area contributed by atoms with E-state index in [1.165, 1.54) is 13.1 Å². The molecule has 1 aliphatic rings. The minimum Gasteiger partial charge on any atom is -0.487 e.